The SMILES string of the molecule is Cc1cccc(CC(=O)c2cc(C#N)cc(Oc3cncnc3)c2)n1.Cc1ccnc(CC(=O)c2cc(Cl)cc(Oc3cncnc3)c2)c1.Cc1ccnc(CC(=O)c2cc(F)cc(N(C)c3cncnc3)c2)c1.Cc1nc(CC(=O)c2cc(Cl)cc(Oc3cncnc3)c2)sc1F.Cc1nc(CC(=O)c2cc(F)cc(Oc3cncnc3)c2)sc1F. The van der Waals surface area contributed by atoms with Crippen molar-refractivity contribution in [1.82, 2.24) is 74.8 Å². The Balaban J connectivity index is 0.000000149. The van der Waals surface area contributed by atoms with Crippen LogP contribution >= 0.6 is 45.9 Å². The van der Waals surface area contributed by atoms with E-state index in [2.05, 4.69) is 74.8 Å². The summed E-state index contributed by atoms with van der Waals surface area (Å²) in [7, 11) is 1.77. The van der Waals surface area contributed by atoms with Crippen LogP contribution < -0.4 is 23.8 Å². The van der Waals surface area contributed by atoms with Gasteiger partial charge < -0.3 is 23.8 Å². The number of ether oxygens (including phenoxy) is 4. The molecular weight excluding hydrogens is 1650 g/mol. The number of carbonyl (C=O) groups excluding carboxylic acids is 5. The predicted octanol–water partition coefficient (Wildman–Crippen LogP) is 18.8. The van der Waals surface area contributed by atoms with E-state index in [0.717, 1.165) is 57.3 Å². The van der Waals surface area contributed by atoms with E-state index in [9.17, 15) is 46.8 Å². The fourth-order valence-corrected chi connectivity index (χ4v) is 13.1. The molecule has 0 saturated carbocycles. The number of Topliss-reactive ketones (excluding diaryl/α,β-unsaturated/α-hetero) is 5. The maximum Gasteiger partial charge on any atom is 0.199 e. The normalized spacial score (nSPS) is 10.5. The predicted molar refractivity (Wildman–Crippen MR) is 446 cm³/mol. The maximum absolute atomic E-state index is 14.0. The number of hydrogen-bond donors (Lipinski definition) is 0. The molecule has 15 aromatic rings. The van der Waals surface area contributed by atoms with Crippen molar-refractivity contribution >= 4 is 86.2 Å². The molecule has 0 aliphatic rings. The van der Waals surface area contributed by atoms with Crippen LogP contribution in [0.25, 0.3) is 0 Å². The lowest BCUT2D eigenvalue weighted by atomic mass is 10.0. The maximum atomic E-state index is 14.0. The van der Waals surface area contributed by atoms with Gasteiger partial charge in [0.1, 0.15) is 76.3 Å². The quantitative estimate of drug-likeness (QED) is 0.0379. The van der Waals surface area contributed by atoms with Gasteiger partial charge in [-0.25, -0.2) is 68.6 Å². The average molecular weight is 1720 g/mol. The average Bonchev–Trinajstić information content (AvgIpc) is 1.62. The first-order chi connectivity index (χ1) is 58.8. The molecule has 0 aliphatic heterocycles. The Kier molecular flexibility index (Phi) is 31.2. The molecule has 26 nitrogen and oxygen atoms in total. The molecule has 0 bridgehead atoms. The molecule has 0 atom stereocenters. The number of thiazole rings is 2. The van der Waals surface area contributed by atoms with Gasteiger partial charge in [-0.1, -0.05) is 51.9 Å². The molecule has 10 aromatic heterocycles. The summed E-state index contributed by atoms with van der Waals surface area (Å²) < 4.78 is 76.8. The molecule has 34 heteroatoms. The molecule has 0 radical (unpaired) electrons. The molecular formula is C88H67Cl2F4N17O9S2. The molecule has 0 amide bonds. The van der Waals surface area contributed by atoms with Crippen molar-refractivity contribution in [1.29, 1.82) is 5.26 Å². The van der Waals surface area contributed by atoms with Crippen molar-refractivity contribution in [3.8, 4) is 52.1 Å². The zero-order valence-electron chi connectivity index (χ0n) is 65.4. The summed E-state index contributed by atoms with van der Waals surface area (Å²) in [5.41, 5.74) is 8.81. The number of aromatic nitrogens is 15. The van der Waals surface area contributed by atoms with E-state index < -0.39 is 16.8 Å². The first-order valence-electron chi connectivity index (χ1n) is 36.4. The minimum atomic E-state index is -0.616. The van der Waals surface area contributed by atoms with Crippen molar-refractivity contribution in [2.24, 2.45) is 0 Å². The van der Waals surface area contributed by atoms with Gasteiger partial charge in [0.15, 0.2) is 62.2 Å². The third-order valence-corrected chi connectivity index (χ3v) is 19.0. The molecule has 0 spiro atoms. The second kappa shape index (κ2) is 43.2. The largest absolute Gasteiger partial charge is 0.454 e. The highest BCUT2D eigenvalue weighted by Gasteiger charge is 2.21. The standard InChI is InChI=1S/C19H17FN4O.C19H14N4O2.C18H14ClN3O2.C16H11ClFN3O2S.C16H11F2N3O2S/c1-13-3-4-23-16(5-13)9-19(25)14-6-15(20)8-17(7-14)24(2)18-10-21-12-22-11-18;1-13-3-2-4-16(23-13)8-19(24)15-5-14(9-20)6-17(7-15)25-18-10-21-12-22-11-18;1-12-2-3-22-15(4-12)8-18(23)13-5-14(19)7-16(6-13)24-17-9-20-11-21-10-17;2*1-9-16(18)24-15(21-9)5-14(22)10-2-11(17)4-12(3-10)23-13-6-19-8-20-7-13/h3-8,10-12H,9H2,1-2H3;2-7,10-12H,8H2,1H3;2-7,9-11H,8H2,1H3;2*2-4,6-8H,5H2,1H3. The van der Waals surface area contributed by atoms with Crippen LogP contribution in [0.5, 0.6) is 46.0 Å². The van der Waals surface area contributed by atoms with Crippen LogP contribution in [-0.2, 0) is 32.1 Å². The Bertz CT molecular complexity index is 6050. The topological polar surface area (TPSA) is 343 Å². The summed E-state index contributed by atoms with van der Waals surface area (Å²) in [6.45, 7) is 8.86. The van der Waals surface area contributed by atoms with Gasteiger partial charge in [0.05, 0.1) is 123 Å². The third-order valence-electron chi connectivity index (χ3n) is 16.7. The summed E-state index contributed by atoms with van der Waals surface area (Å²) in [5.74, 6) is 0.938. The van der Waals surface area contributed by atoms with Crippen LogP contribution in [0.1, 0.15) is 113 Å². The van der Waals surface area contributed by atoms with Gasteiger partial charge in [-0.15, -0.1) is 0 Å². The van der Waals surface area contributed by atoms with Gasteiger partial charge in [-0.05, 0) is 167 Å². The lowest BCUT2D eigenvalue weighted by Crippen LogP contribution is -2.12. The van der Waals surface area contributed by atoms with Crippen LogP contribution in [0.2, 0.25) is 10.0 Å². The molecule has 0 fully saturated rings. The van der Waals surface area contributed by atoms with E-state index in [1.165, 1.54) is 112 Å². The first-order valence-corrected chi connectivity index (χ1v) is 38.8. The van der Waals surface area contributed by atoms with Crippen molar-refractivity contribution in [2.45, 2.75) is 66.7 Å². The molecule has 0 unspecified atom stereocenters. The van der Waals surface area contributed by atoms with Gasteiger partial charge in [0.25, 0.3) is 0 Å². The Morgan fingerprint density at radius 2 is 0.746 bits per heavy atom. The van der Waals surface area contributed by atoms with Gasteiger partial charge in [-0.2, -0.15) is 14.0 Å². The number of nitrogens with zero attached hydrogens (tertiary/aromatic N) is 17. The van der Waals surface area contributed by atoms with Crippen LogP contribution in [0, 0.1) is 67.8 Å². The van der Waals surface area contributed by atoms with Gasteiger partial charge in [0.2, 0.25) is 0 Å². The van der Waals surface area contributed by atoms with E-state index in [0.29, 0.717) is 117 Å². The van der Waals surface area contributed by atoms with E-state index >= 15 is 0 Å². The van der Waals surface area contributed by atoms with Gasteiger partial charge in [0, 0.05) is 91.8 Å². The number of nitriles is 1. The number of carbonyl (C=O) groups is 5. The van der Waals surface area contributed by atoms with Crippen LogP contribution in [0.4, 0.5) is 28.9 Å². The van der Waals surface area contributed by atoms with E-state index in [1.807, 2.05) is 63.2 Å². The lowest BCUT2D eigenvalue weighted by Gasteiger charge is -2.19. The summed E-state index contributed by atoms with van der Waals surface area (Å²) >= 11 is 13.8. The van der Waals surface area contributed by atoms with E-state index in [4.69, 9.17) is 42.1 Å². The number of hydrogen-bond acceptors (Lipinski definition) is 28. The number of rotatable bonds is 25. The molecule has 10 heterocycles. The lowest BCUT2D eigenvalue weighted by molar-refractivity contribution is 0.0983. The smallest absolute Gasteiger partial charge is 0.199 e. The number of ketones is 5. The molecule has 122 heavy (non-hydrogen) atoms. The fraction of sp³-hybridized carbons (Fsp3) is 0.125. The zero-order chi connectivity index (χ0) is 86.6. The first kappa shape index (κ1) is 88.2. The van der Waals surface area contributed by atoms with Crippen molar-refractivity contribution in [3.05, 3.63) is 360 Å². The highest BCUT2D eigenvalue weighted by atomic mass is 35.5. The Morgan fingerprint density at radius 1 is 0.385 bits per heavy atom. The summed E-state index contributed by atoms with van der Waals surface area (Å²) in [5, 5.41) is 9.95. The van der Waals surface area contributed by atoms with Crippen molar-refractivity contribution < 1.29 is 60.5 Å². The number of aryl methyl sites for hydroxylation is 5. The van der Waals surface area contributed by atoms with Gasteiger partial charge >= 0.3 is 0 Å². The van der Waals surface area contributed by atoms with Crippen LogP contribution in [-0.4, -0.2) is 111 Å². The second-order valence-electron chi connectivity index (χ2n) is 26.3. The minimum Gasteiger partial charge on any atom is -0.454 e. The van der Waals surface area contributed by atoms with E-state index in [-0.39, 0.29) is 83.2 Å². The molecule has 612 valence electrons. The Labute approximate surface area is 713 Å². The van der Waals surface area contributed by atoms with Crippen LogP contribution in [0.15, 0.2) is 239 Å². The summed E-state index contributed by atoms with van der Waals surface area (Å²) in [4.78, 5) is 123. The number of halogens is 6. The second-order valence-corrected chi connectivity index (χ2v) is 29.2. The van der Waals surface area contributed by atoms with Gasteiger partial charge in [-0.3, -0.25) is 38.9 Å². The highest BCUT2D eigenvalue weighted by Crippen LogP contribution is 2.32. The van der Waals surface area contributed by atoms with Crippen molar-refractivity contribution in [2.75, 3.05) is 11.9 Å². The fourth-order valence-electron chi connectivity index (χ4n) is 11.1. The molecule has 0 saturated heterocycles. The Hall–Kier alpha value is -14.7. The zero-order valence-corrected chi connectivity index (χ0v) is 68.6. The summed E-state index contributed by atoms with van der Waals surface area (Å²) in [6, 6.07) is 37.3. The molecule has 5 aromatic carbocycles. The molecule has 0 N–H and O–H groups in total. The van der Waals surface area contributed by atoms with E-state index in [1.54, 1.807) is 104 Å². The van der Waals surface area contributed by atoms with Crippen molar-refractivity contribution in [3.63, 3.8) is 0 Å². The number of anilines is 2. The minimum absolute atomic E-state index is 0.00363. The Morgan fingerprint density at radius 3 is 1.14 bits per heavy atom. The molecule has 15 rings (SSSR count). The number of pyridine rings is 3. The third kappa shape index (κ3) is 27.2. The number of benzene rings is 5. The molecule has 0 aliphatic carbocycles. The summed E-state index contributed by atoms with van der Waals surface area (Å²) in [6.07, 6.45) is 25.8. The highest BCUT2D eigenvalue weighted by molar-refractivity contribution is 7.10. The monoisotopic (exact) mass is 1720 g/mol. The van der Waals surface area contributed by atoms with Crippen LogP contribution in [0.3, 0.4) is 0 Å².